The summed E-state index contributed by atoms with van der Waals surface area (Å²) in [5.41, 5.74) is 2.59. The first-order valence-electron chi connectivity index (χ1n) is 7.55. The number of benzene rings is 2. The Morgan fingerprint density at radius 1 is 0.920 bits per heavy atom. The van der Waals surface area contributed by atoms with Crippen LogP contribution in [0.1, 0.15) is 26.5 Å². The van der Waals surface area contributed by atoms with Crippen LogP contribution in [0.25, 0.3) is 0 Å². The molecule has 1 heterocycles. The third kappa shape index (κ3) is 4.08. The second-order valence-electron chi connectivity index (χ2n) is 5.43. The summed E-state index contributed by atoms with van der Waals surface area (Å²) in [6.45, 7) is 1.89. The van der Waals surface area contributed by atoms with Gasteiger partial charge in [0.05, 0.1) is 6.26 Å². The van der Waals surface area contributed by atoms with Crippen LogP contribution in [0.15, 0.2) is 65.3 Å². The largest absolute Gasteiger partial charge is 0.459 e. The Hall–Kier alpha value is -3.05. The Kier molecular flexibility index (Phi) is 4.86. The number of halogens is 1. The third-order valence-corrected chi connectivity index (χ3v) is 3.99. The first kappa shape index (κ1) is 16.8. The lowest BCUT2D eigenvalue weighted by atomic mass is 10.1. The Balaban J connectivity index is 1.66. The number of amides is 2. The van der Waals surface area contributed by atoms with Gasteiger partial charge in [-0.05, 0) is 61.0 Å². The lowest BCUT2D eigenvalue weighted by Crippen LogP contribution is -2.13. The number of hydrogen-bond donors (Lipinski definition) is 2. The lowest BCUT2D eigenvalue weighted by molar-refractivity contribution is 0.0995. The summed E-state index contributed by atoms with van der Waals surface area (Å²) in [5.74, 6) is -0.390. The molecule has 126 valence electrons. The van der Waals surface area contributed by atoms with E-state index in [0.717, 1.165) is 5.56 Å². The SMILES string of the molecule is Cc1ccc(NC(=O)c2ccc(NC(=O)c3ccco3)cc2)cc1Cl. The van der Waals surface area contributed by atoms with Crippen LogP contribution in [-0.4, -0.2) is 11.8 Å². The van der Waals surface area contributed by atoms with Crippen molar-refractivity contribution in [2.45, 2.75) is 6.92 Å². The number of aryl methyl sites for hydroxylation is 1. The number of carbonyl (C=O) groups is 2. The zero-order chi connectivity index (χ0) is 17.8. The van der Waals surface area contributed by atoms with Crippen LogP contribution in [0.3, 0.4) is 0 Å². The Morgan fingerprint density at radius 3 is 2.24 bits per heavy atom. The van der Waals surface area contributed by atoms with Crippen molar-refractivity contribution >= 4 is 34.8 Å². The standard InChI is InChI=1S/C19H15ClN2O3/c1-12-4-7-15(11-16(12)20)22-18(23)13-5-8-14(9-6-13)21-19(24)17-3-2-10-25-17/h2-11H,1H3,(H,21,24)(H,22,23). The first-order chi connectivity index (χ1) is 12.0. The van der Waals surface area contributed by atoms with Gasteiger partial charge in [0, 0.05) is 22.0 Å². The lowest BCUT2D eigenvalue weighted by Gasteiger charge is -2.08. The van der Waals surface area contributed by atoms with Gasteiger partial charge in [-0.15, -0.1) is 0 Å². The molecule has 0 bridgehead atoms. The van der Waals surface area contributed by atoms with E-state index in [9.17, 15) is 9.59 Å². The van der Waals surface area contributed by atoms with Crippen LogP contribution in [0.5, 0.6) is 0 Å². The number of carbonyl (C=O) groups excluding carboxylic acids is 2. The maximum Gasteiger partial charge on any atom is 0.291 e. The molecule has 25 heavy (non-hydrogen) atoms. The van der Waals surface area contributed by atoms with Crippen molar-refractivity contribution in [3.05, 3.63) is 82.8 Å². The maximum absolute atomic E-state index is 12.3. The topological polar surface area (TPSA) is 71.3 Å². The van der Waals surface area contributed by atoms with E-state index in [2.05, 4.69) is 10.6 Å². The molecule has 3 rings (SSSR count). The quantitative estimate of drug-likeness (QED) is 0.710. The molecule has 0 radical (unpaired) electrons. The predicted octanol–water partition coefficient (Wildman–Crippen LogP) is 4.75. The Morgan fingerprint density at radius 2 is 1.60 bits per heavy atom. The smallest absolute Gasteiger partial charge is 0.291 e. The van der Waals surface area contributed by atoms with Gasteiger partial charge in [0.15, 0.2) is 5.76 Å². The van der Waals surface area contributed by atoms with Crippen LogP contribution >= 0.6 is 11.6 Å². The van der Waals surface area contributed by atoms with Crippen molar-refractivity contribution < 1.29 is 14.0 Å². The molecular weight excluding hydrogens is 340 g/mol. The van der Waals surface area contributed by atoms with E-state index in [0.29, 0.717) is 22.0 Å². The molecule has 6 heteroatoms. The van der Waals surface area contributed by atoms with E-state index < -0.39 is 0 Å². The monoisotopic (exact) mass is 354 g/mol. The van der Waals surface area contributed by atoms with Gasteiger partial charge in [0.25, 0.3) is 11.8 Å². The molecule has 2 N–H and O–H groups in total. The average molecular weight is 355 g/mol. The first-order valence-corrected chi connectivity index (χ1v) is 7.93. The highest BCUT2D eigenvalue weighted by atomic mass is 35.5. The predicted molar refractivity (Wildman–Crippen MR) is 97.2 cm³/mol. The van der Waals surface area contributed by atoms with Crippen LogP contribution < -0.4 is 10.6 Å². The van der Waals surface area contributed by atoms with Crippen LogP contribution in [0.4, 0.5) is 11.4 Å². The number of hydrogen-bond acceptors (Lipinski definition) is 3. The molecule has 0 saturated heterocycles. The van der Waals surface area contributed by atoms with Gasteiger partial charge in [-0.1, -0.05) is 17.7 Å². The molecule has 0 aliphatic rings. The highest BCUT2D eigenvalue weighted by Crippen LogP contribution is 2.21. The van der Waals surface area contributed by atoms with E-state index in [1.807, 2.05) is 13.0 Å². The fourth-order valence-electron chi connectivity index (χ4n) is 2.18. The van der Waals surface area contributed by atoms with Crippen LogP contribution in [0.2, 0.25) is 5.02 Å². The number of furan rings is 1. The van der Waals surface area contributed by atoms with Crippen molar-refractivity contribution in [2.24, 2.45) is 0 Å². The van der Waals surface area contributed by atoms with E-state index in [-0.39, 0.29) is 17.6 Å². The fraction of sp³-hybridized carbons (Fsp3) is 0.0526. The molecule has 0 spiro atoms. The summed E-state index contributed by atoms with van der Waals surface area (Å²) in [4.78, 5) is 24.2. The van der Waals surface area contributed by atoms with E-state index in [1.54, 1.807) is 48.5 Å². The molecule has 2 aromatic carbocycles. The number of anilines is 2. The zero-order valence-electron chi connectivity index (χ0n) is 13.4. The summed E-state index contributed by atoms with van der Waals surface area (Å²) in [6, 6.07) is 15.1. The third-order valence-electron chi connectivity index (χ3n) is 3.58. The van der Waals surface area contributed by atoms with Crippen LogP contribution in [0, 0.1) is 6.92 Å². The minimum Gasteiger partial charge on any atom is -0.459 e. The highest BCUT2D eigenvalue weighted by molar-refractivity contribution is 6.31. The minimum atomic E-state index is -0.350. The normalized spacial score (nSPS) is 10.3. The Bertz CT molecular complexity index is 903. The maximum atomic E-state index is 12.3. The van der Waals surface area contributed by atoms with Gasteiger partial charge in [0.2, 0.25) is 0 Å². The summed E-state index contributed by atoms with van der Waals surface area (Å²) < 4.78 is 5.03. The summed E-state index contributed by atoms with van der Waals surface area (Å²) in [7, 11) is 0. The van der Waals surface area contributed by atoms with Crippen molar-refractivity contribution in [2.75, 3.05) is 10.6 Å². The molecule has 0 unspecified atom stereocenters. The fourth-order valence-corrected chi connectivity index (χ4v) is 2.36. The molecule has 5 nitrogen and oxygen atoms in total. The molecule has 0 atom stereocenters. The molecule has 0 saturated carbocycles. The minimum absolute atomic E-state index is 0.220. The average Bonchev–Trinajstić information content (AvgIpc) is 3.13. The molecule has 0 aliphatic carbocycles. The molecule has 2 amide bonds. The van der Waals surface area contributed by atoms with Gasteiger partial charge in [-0.25, -0.2) is 0 Å². The van der Waals surface area contributed by atoms with Crippen molar-refractivity contribution in [3.63, 3.8) is 0 Å². The number of nitrogens with one attached hydrogen (secondary N) is 2. The van der Waals surface area contributed by atoms with Gasteiger partial charge in [0.1, 0.15) is 0 Å². The van der Waals surface area contributed by atoms with Gasteiger partial charge in [-0.3, -0.25) is 9.59 Å². The number of rotatable bonds is 4. The van der Waals surface area contributed by atoms with Crippen molar-refractivity contribution in [1.29, 1.82) is 0 Å². The van der Waals surface area contributed by atoms with E-state index in [1.165, 1.54) is 6.26 Å². The van der Waals surface area contributed by atoms with Crippen molar-refractivity contribution in [1.82, 2.24) is 0 Å². The Labute approximate surface area is 149 Å². The van der Waals surface area contributed by atoms with Gasteiger partial charge < -0.3 is 15.1 Å². The van der Waals surface area contributed by atoms with E-state index in [4.69, 9.17) is 16.0 Å². The van der Waals surface area contributed by atoms with Gasteiger partial charge >= 0.3 is 0 Å². The van der Waals surface area contributed by atoms with Crippen LogP contribution in [-0.2, 0) is 0 Å². The second-order valence-corrected chi connectivity index (χ2v) is 5.83. The summed E-state index contributed by atoms with van der Waals surface area (Å²) >= 11 is 6.06. The van der Waals surface area contributed by atoms with Crippen molar-refractivity contribution in [3.8, 4) is 0 Å². The second kappa shape index (κ2) is 7.23. The molecule has 3 aromatic rings. The summed E-state index contributed by atoms with van der Waals surface area (Å²) in [5, 5.41) is 6.07. The molecule has 1 aromatic heterocycles. The summed E-state index contributed by atoms with van der Waals surface area (Å²) in [6.07, 6.45) is 1.43. The molecule has 0 fully saturated rings. The van der Waals surface area contributed by atoms with Gasteiger partial charge in [-0.2, -0.15) is 0 Å². The van der Waals surface area contributed by atoms with E-state index >= 15 is 0 Å². The highest BCUT2D eigenvalue weighted by Gasteiger charge is 2.10. The molecule has 0 aliphatic heterocycles. The zero-order valence-corrected chi connectivity index (χ0v) is 14.1. The molecular formula is C19H15ClN2O3.